The van der Waals surface area contributed by atoms with E-state index < -0.39 is 0 Å². The zero-order chi connectivity index (χ0) is 12.0. The molecule has 1 aromatic heterocycles. The summed E-state index contributed by atoms with van der Waals surface area (Å²) in [5, 5.41) is 4.40. The van der Waals surface area contributed by atoms with E-state index in [4.69, 9.17) is 9.47 Å². The molecule has 17 heavy (non-hydrogen) atoms. The first-order valence-electron chi connectivity index (χ1n) is 6.06. The van der Waals surface area contributed by atoms with Gasteiger partial charge in [0.1, 0.15) is 11.9 Å². The molecule has 0 aliphatic carbocycles. The van der Waals surface area contributed by atoms with Crippen LogP contribution >= 0.6 is 0 Å². The Hall–Kier alpha value is -1.14. The first-order valence-corrected chi connectivity index (χ1v) is 6.06. The summed E-state index contributed by atoms with van der Waals surface area (Å²) in [7, 11) is 0. The molecule has 2 fully saturated rings. The predicted octanol–water partition coefficient (Wildman–Crippen LogP) is -0.0342. The van der Waals surface area contributed by atoms with Gasteiger partial charge in [-0.1, -0.05) is 13.8 Å². The van der Waals surface area contributed by atoms with Crippen LogP contribution in [0.25, 0.3) is 0 Å². The molecule has 0 aromatic carbocycles. The monoisotopic (exact) mass is 239 g/mol. The maximum Gasteiger partial charge on any atom is 0.346 e. The number of aromatic nitrogens is 3. The van der Waals surface area contributed by atoms with Crippen molar-refractivity contribution in [1.29, 1.82) is 0 Å². The van der Waals surface area contributed by atoms with Gasteiger partial charge in [-0.2, -0.15) is 5.10 Å². The molecule has 2 saturated heterocycles. The van der Waals surface area contributed by atoms with Gasteiger partial charge < -0.3 is 9.47 Å². The molecule has 2 unspecified atom stereocenters. The Balaban J connectivity index is 1.90. The highest BCUT2D eigenvalue weighted by Crippen LogP contribution is 2.16. The Morgan fingerprint density at radius 2 is 1.88 bits per heavy atom. The van der Waals surface area contributed by atoms with E-state index in [1.807, 2.05) is 13.8 Å². The lowest BCUT2D eigenvalue weighted by Gasteiger charge is -2.05. The highest BCUT2D eigenvalue weighted by molar-refractivity contribution is 4.96. The Labute approximate surface area is 99.1 Å². The van der Waals surface area contributed by atoms with Gasteiger partial charge in [-0.3, -0.25) is 4.57 Å². The van der Waals surface area contributed by atoms with Crippen LogP contribution in [0.15, 0.2) is 4.79 Å². The second kappa shape index (κ2) is 3.96. The first kappa shape index (κ1) is 11.0. The van der Waals surface area contributed by atoms with Crippen molar-refractivity contribution >= 4 is 0 Å². The molecule has 6 nitrogen and oxygen atoms in total. The largest absolute Gasteiger partial charge is 0.371 e. The standard InChI is InChI=1S/C11H17N3O3/c1-7(2)10-12-14(4-9-6-17-9)11(15)13(10)3-8-5-16-8/h7-9H,3-6H2,1-2H3. The molecule has 0 amide bonds. The van der Waals surface area contributed by atoms with Gasteiger partial charge in [0.2, 0.25) is 0 Å². The van der Waals surface area contributed by atoms with Crippen LogP contribution in [-0.4, -0.2) is 39.8 Å². The highest BCUT2D eigenvalue weighted by Gasteiger charge is 2.29. The van der Waals surface area contributed by atoms with E-state index in [2.05, 4.69) is 5.10 Å². The zero-order valence-corrected chi connectivity index (χ0v) is 10.1. The Kier molecular flexibility index (Phi) is 2.56. The molecule has 3 rings (SSSR count). The molecule has 2 aliphatic heterocycles. The maximum absolute atomic E-state index is 12.2. The average Bonchev–Trinajstić information content (AvgIpc) is 3.14. The van der Waals surface area contributed by atoms with Crippen molar-refractivity contribution in [3.8, 4) is 0 Å². The fraction of sp³-hybridized carbons (Fsp3) is 0.818. The van der Waals surface area contributed by atoms with Gasteiger partial charge >= 0.3 is 5.69 Å². The van der Waals surface area contributed by atoms with E-state index in [1.165, 1.54) is 4.68 Å². The quantitative estimate of drug-likeness (QED) is 0.677. The third kappa shape index (κ3) is 2.28. The van der Waals surface area contributed by atoms with Gasteiger partial charge in [-0.15, -0.1) is 0 Å². The lowest BCUT2D eigenvalue weighted by molar-refractivity contribution is 0.364. The highest BCUT2D eigenvalue weighted by atomic mass is 16.6. The lowest BCUT2D eigenvalue weighted by atomic mass is 10.2. The van der Waals surface area contributed by atoms with Gasteiger partial charge in [0.05, 0.1) is 32.4 Å². The van der Waals surface area contributed by atoms with Crippen LogP contribution in [0.1, 0.15) is 25.6 Å². The smallest absolute Gasteiger partial charge is 0.346 e. The molecule has 0 spiro atoms. The molecule has 2 atom stereocenters. The van der Waals surface area contributed by atoms with Crippen LogP contribution in [0.3, 0.4) is 0 Å². The van der Waals surface area contributed by atoms with Crippen molar-refractivity contribution in [1.82, 2.24) is 14.3 Å². The van der Waals surface area contributed by atoms with Crippen LogP contribution in [0.2, 0.25) is 0 Å². The molecule has 0 saturated carbocycles. The van der Waals surface area contributed by atoms with Crippen LogP contribution in [0, 0.1) is 0 Å². The second-order valence-corrected chi connectivity index (χ2v) is 5.00. The van der Waals surface area contributed by atoms with E-state index in [9.17, 15) is 4.79 Å². The van der Waals surface area contributed by atoms with Gasteiger partial charge in [0.25, 0.3) is 0 Å². The molecular formula is C11H17N3O3. The maximum atomic E-state index is 12.2. The van der Waals surface area contributed by atoms with Gasteiger partial charge in [0, 0.05) is 5.92 Å². The minimum absolute atomic E-state index is 0.0419. The van der Waals surface area contributed by atoms with Crippen molar-refractivity contribution in [3.05, 3.63) is 16.3 Å². The van der Waals surface area contributed by atoms with E-state index in [0.29, 0.717) is 13.1 Å². The minimum atomic E-state index is -0.0419. The summed E-state index contributed by atoms with van der Waals surface area (Å²) in [5.74, 6) is 1.08. The molecule has 0 N–H and O–H groups in total. The van der Waals surface area contributed by atoms with E-state index >= 15 is 0 Å². The fourth-order valence-electron chi connectivity index (χ4n) is 1.92. The molecule has 0 bridgehead atoms. The van der Waals surface area contributed by atoms with E-state index in [0.717, 1.165) is 19.0 Å². The third-order valence-corrected chi connectivity index (χ3v) is 3.04. The predicted molar refractivity (Wildman–Crippen MR) is 60.1 cm³/mol. The molecule has 6 heteroatoms. The summed E-state index contributed by atoms with van der Waals surface area (Å²) in [6.45, 7) is 6.77. The van der Waals surface area contributed by atoms with Crippen molar-refractivity contribution < 1.29 is 9.47 Å². The summed E-state index contributed by atoms with van der Waals surface area (Å²) < 4.78 is 13.6. The average molecular weight is 239 g/mol. The molecule has 3 heterocycles. The van der Waals surface area contributed by atoms with Crippen LogP contribution < -0.4 is 5.69 Å². The number of ether oxygens (including phenoxy) is 2. The van der Waals surface area contributed by atoms with Gasteiger partial charge in [0.15, 0.2) is 0 Å². The topological polar surface area (TPSA) is 64.9 Å². The third-order valence-electron chi connectivity index (χ3n) is 3.04. The van der Waals surface area contributed by atoms with Crippen molar-refractivity contribution in [2.24, 2.45) is 0 Å². The summed E-state index contributed by atoms with van der Waals surface area (Å²) in [5.41, 5.74) is -0.0419. The van der Waals surface area contributed by atoms with Crippen LogP contribution in [0.5, 0.6) is 0 Å². The van der Waals surface area contributed by atoms with E-state index in [-0.39, 0.29) is 23.8 Å². The van der Waals surface area contributed by atoms with Crippen molar-refractivity contribution in [2.45, 2.75) is 45.1 Å². The fourth-order valence-corrected chi connectivity index (χ4v) is 1.92. The molecule has 94 valence electrons. The molecular weight excluding hydrogens is 222 g/mol. The Morgan fingerprint density at radius 1 is 1.29 bits per heavy atom. The van der Waals surface area contributed by atoms with Crippen molar-refractivity contribution in [2.75, 3.05) is 13.2 Å². The van der Waals surface area contributed by atoms with E-state index in [1.54, 1.807) is 4.57 Å². The zero-order valence-electron chi connectivity index (χ0n) is 10.1. The SMILES string of the molecule is CC(C)c1nn(CC2CO2)c(=O)n1CC1CO1. The van der Waals surface area contributed by atoms with Crippen molar-refractivity contribution in [3.63, 3.8) is 0 Å². The van der Waals surface area contributed by atoms with Crippen LogP contribution in [-0.2, 0) is 22.6 Å². The summed E-state index contributed by atoms with van der Waals surface area (Å²) in [6, 6.07) is 0. The van der Waals surface area contributed by atoms with Gasteiger partial charge in [-0.05, 0) is 0 Å². The number of hydrogen-bond acceptors (Lipinski definition) is 4. The lowest BCUT2D eigenvalue weighted by Crippen LogP contribution is -2.28. The summed E-state index contributed by atoms with van der Waals surface area (Å²) in [4.78, 5) is 12.2. The second-order valence-electron chi connectivity index (χ2n) is 5.00. The Bertz CT molecular complexity index is 469. The summed E-state index contributed by atoms with van der Waals surface area (Å²) in [6.07, 6.45) is 0.369. The molecule has 0 radical (unpaired) electrons. The molecule has 2 aliphatic rings. The first-order chi connectivity index (χ1) is 8.15. The number of rotatable bonds is 5. The minimum Gasteiger partial charge on any atom is -0.371 e. The van der Waals surface area contributed by atoms with Crippen LogP contribution in [0.4, 0.5) is 0 Å². The Morgan fingerprint density at radius 3 is 2.41 bits per heavy atom. The summed E-state index contributed by atoms with van der Waals surface area (Å²) >= 11 is 0. The number of hydrogen-bond donors (Lipinski definition) is 0. The number of nitrogens with zero attached hydrogens (tertiary/aromatic N) is 3. The molecule has 1 aromatic rings. The van der Waals surface area contributed by atoms with Gasteiger partial charge in [-0.25, -0.2) is 9.48 Å². The number of epoxide rings is 2. The normalized spacial score (nSPS) is 26.5.